The zero-order chi connectivity index (χ0) is 18.9. The Morgan fingerprint density at radius 1 is 1.26 bits per heavy atom. The fraction of sp³-hybridized carbons (Fsp3) is 0.400. The average Bonchev–Trinajstić information content (AvgIpc) is 2.71. The number of carbonyl (C=O) groups is 1. The van der Waals surface area contributed by atoms with Crippen molar-refractivity contribution in [3.63, 3.8) is 0 Å². The predicted octanol–water partition coefficient (Wildman–Crippen LogP) is 3.16. The van der Waals surface area contributed by atoms with Gasteiger partial charge in [0.1, 0.15) is 0 Å². The minimum atomic E-state index is 0.0520. The van der Waals surface area contributed by atoms with E-state index >= 15 is 0 Å². The predicted molar refractivity (Wildman–Crippen MR) is 110 cm³/mol. The summed E-state index contributed by atoms with van der Waals surface area (Å²) in [6.07, 6.45) is 3.59. The summed E-state index contributed by atoms with van der Waals surface area (Å²) in [7, 11) is 0. The summed E-state index contributed by atoms with van der Waals surface area (Å²) in [6.45, 7) is 3.74. The molecule has 3 rings (SSSR count). The van der Waals surface area contributed by atoms with Gasteiger partial charge in [0.15, 0.2) is 0 Å². The van der Waals surface area contributed by atoms with E-state index in [2.05, 4.69) is 15.2 Å². The standard InChI is InChI=1S/C20H24ClN3O2S/c21-18-5-3-17(4-6-18)19(24-8-10-26-11-9-24)13-23-20(25)15-27-14-16-2-1-7-22-12-16/h1-7,12,19H,8-11,13-15H2,(H,23,25). The molecule has 1 aromatic heterocycles. The highest BCUT2D eigenvalue weighted by molar-refractivity contribution is 7.99. The number of carbonyl (C=O) groups excluding carboxylic acids is 1. The van der Waals surface area contributed by atoms with Crippen LogP contribution in [0.5, 0.6) is 0 Å². The van der Waals surface area contributed by atoms with Crippen molar-refractivity contribution in [1.29, 1.82) is 0 Å². The number of amides is 1. The summed E-state index contributed by atoms with van der Waals surface area (Å²) in [5.74, 6) is 1.27. The van der Waals surface area contributed by atoms with Gasteiger partial charge in [0.05, 0.1) is 25.0 Å². The molecule has 0 bridgehead atoms. The Hall–Kier alpha value is -1.60. The van der Waals surface area contributed by atoms with Gasteiger partial charge in [0.25, 0.3) is 0 Å². The van der Waals surface area contributed by atoms with Gasteiger partial charge in [-0.1, -0.05) is 29.8 Å². The quantitative estimate of drug-likeness (QED) is 0.731. The Kier molecular flexibility index (Phi) is 7.95. The number of nitrogens with one attached hydrogen (secondary N) is 1. The van der Waals surface area contributed by atoms with Crippen molar-refractivity contribution in [2.24, 2.45) is 0 Å². The highest BCUT2D eigenvalue weighted by Gasteiger charge is 2.23. The van der Waals surface area contributed by atoms with Gasteiger partial charge in [-0.15, -0.1) is 11.8 Å². The Morgan fingerprint density at radius 3 is 2.74 bits per heavy atom. The van der Waals surface area contributed by atoms with Crippen LogP contribution < -0.4 is 5.32 Å². The van der Waals surface area contributed by atoms with Crippen molar-refractivity contribution >= 4 is 29.3 Å². The van der Waals surface area contributed by atoms with Gasteiger partial charge < -0.3 is 10.1 Å². The second-order valence-corrected chi connectivity index (χ2v) is 7.80. The first-order valence-electron chi connectivity index (χ1n) is 9.03. The molecule has 7 heteroatoms. The molecular formula is C20H24ClN3O2S. The van der Waals surface area contributed by atoms with Gasteiger partial charge in [-0.25, -0.2) is 0 Å². The van der Waals surface area contributed by atoms with E-state index in [0.29, 0.717) is 12.3 Å². The Bertz CT molecular complexity index is 709. The van der Waals surface area contributed by atoms with Crippen LogP contribution in [0.4, 0.5) is 0 Å². The Balaban J connectivity index is 1.52. The number of benzene rings is 1. The third-order valence-electron chi connectivity index (χ3n) is 4.46. The average molecular weight is 406 g/mol. The van der Waals surface area contributed by atoms with Gasteiger partial charge in [0, 0.05) is 42.8 Å². The Morgan fingerprint density at radius 2 is 2.04 bits per heavy atom. The summed E-state index contributed by atoms with van der Waals surface area (Å²) >= 11 is 7.62. The molecule has 0 spiro atoms. The Labute approximate surface area is 169 Å². The first kappa shape index (κ1) is 20.1. The molecule has 5 nitrogen and oxygen atoms in total. The number of hydrogen-bond acceptors (Lipinski definition) is 5. The highest BCUT2D eigenvalue weighted by Crippen LogP contribution is 2.23. The summed E-state index contributed by atoms with van der Waals surface area (Å²) in [5.41, 5.74) is 2.28. The van der Waals surface area contributed by atoms with Crippen LogP contribution in [0.1, 0.15) is 17.2 Å². The van der Waals surface area contributed by atoms with E-state index in [9.17, 15) is 4.79 Å². The molecule has 1 amide bonds. The van der Waals surface area contributed by atoms with Crippen LogP contribution in [-0.4, -0.2) is 54.4 Å². The zero-order valence-corrected chi connectivity index (χ0v) is 16.7. The lowest BCUT2D eigenvalue weighted by Crippen LogP contribution is -2.44. The number of hydrogen-bond donors (Lipinski definition) is 1. The largest absolute Gasteiger partial charge is 0.379 e. The van der Waals surface area contributed by atoms with Gasteiger partial charge in [-0.05, 0) is 29.3 Å². The van der Waals surface area contributed by atoms with Crippen molar-refractivity contribution in [3.05, 3.63) is 64.9 Å². The van der Waals surface area contributed by atoms with Gasteiger partial charge in [-0.3, -0.25) is 14.7 Å². The number of pyridine rings is 1. The lowest BCUT2D eigenvalue weighted by atomic mass is 10.0. The molecule has 1 aliphatic rings. The normalized spacial score (nSPS) is 16.0. The number of thioether (sulfide) groups is 1. The SMILES string of the molecule is O=C(CSCc1cccnc1)NCC(c1ccc(Cl)cc1)N1CCOCC1. The molecule has 1 N–H and O–H groups in total. The third-order valence-corrected chi connectivity index (χ3v) is 5.71. The lowest BCUT2D eigenvalue weighted by molar-refractivity contribution is -0.118. The molecule has 1 aromatic carbocycles. The van der Waals surface area contributed by atoms with Gasteiger partial charge in [0.2, 0.25) is 5.91 Å². The summed E-state index contributed by atoms with van der Waals surface area (Å²) in [4.78, 5) is 18.7. The molecule has 0 saturated carbocycles. The van der Waals surface area contributed by atoms with Crippen LogP contribution in [0.2, 0.25) is 5.02 Å². The zero-order valence-electron chi connectivity index (χ0n) is 15.1. The van der Waals surface area contributed by atoms with Crippen LogP contribution in [0.15, 0.2) is 48.8 Å². The first-order valence-corrected chi connectivity index (χ1v) is 10.6. The lowest BCUT2D eigenvalue weighted by Gasteiger charge is -2.35. The molecule has 0 radical (unpaired) electrons. The molecular weight excluding hydrogens is 382 g/mol. The molecule has 2 heterocycles. The molecule has 144 valence electrons. The smallest absolute Gasteiger partial charge is 0.230 e. The maximum absolute atomic E-state index is 12.3. The van der Waals surface area contributed by atoms with Crippen molar-refractivity contribution in [2.45, 2.75) is 11.8 Å². The van der Waals surface area contributed by atoms with E-state index in [4.69, 9.17) is 16.3 Å². The van der Waals surface area contributed by atoms with Gasteiger partial charge >= 0.3 is 0 Å². The van der Waals surface area contributed by atoms with Crippen molar-refractivity contribution in [2.75, 3.05) is 38.6 Å². The summed E-state index contributed by atoms with van der Waals surface area (Å²) in [6, 6.07) is 11.9. The number of nitrogens with zero attached hydrogens (tertiary/aromatic N) is 2. The van der Waals surface area contributed by atoms with E-state index in [0.717, 1.165) is 48.2 Å². The van der Waals surface area contributed by atoms with Crippen LogP contribution in [0.3, 0.4) is 0 Å². The van der Waals surface area contributed by atoms with E-state index in [1.165, 1.54) is 0 Å². The van der Waals surface area contributed by atoms with E-state index < -0.39 is 0 Å². The highest BCUT2D eigenvalue weighted by atomic mass is 35.5. The number of morpholine rings is 1. The number of halogens is 1. The molecule has 27 heavy (non-hydrogen) atoms. The molecule has 1 fully saturated rings. The monoisotopic (exact) mass is 405 g/mol. The summed E-state index contributed by atoms with van der Waals surface area (Å²) in [5, 5.41) is 3.81. The van der Waals surface area contributed by atoms with Gasteiger partial charge in [-0.2, -0.15) is 0 Å². The molecule has 1 aliphatic heterocycles. The number of rotatable bonds is 8. The third kappa shape index (κ3) is 6.50. The fourth-order valence-electron chi connectivity index (χ4n) is 3.04. The fourth-order valence-corrected chi connectivity index (χ4v) is 3.96. The van der Waals surface area contributed by atoms with Crippen LogP contribution in [0.25, 0.3) is 0 Å². The van der Waals surface area contributed by atoms with Crippen molar-refractivity contribution in [3.8, 4) is 0 Å². The minimum absolute atomic E-state index is 0.0520. The van der Waals surface area contributed by atoms with Crippen LogP contribution in [-0.2, 0) is 15.3 Å². The first-order chi connectivity index (χ1) is 13.2. The van der Waals surface area contributed by atoms with Crippen molar-refractivity contribution in [1.82, 2.24) is 15.2 Å². The topological polar surface area (TPSA) is 54.5 Å². The van der Waals surface area contributed by atoms with E-state index in [1.807, 2.05) is 42.6 Å². The molecule has 1 saturated heterocycles. The van der Waals surface area contributed by atoms with E-state index in [-0.39, 0.29) is 11.9 Å². The van der Waals surface area contributed by atoms with E-state index in [1.54, 1.807) is 18.0 Å². The molecule has 1 unspecified atom stereocenters. The minimum Gasteiger partial charge on any atom is -0.379 e. The van der Waals surface area contributed by atoms with Crippen molar-refractivity contribution < 1.29 is 9.53 Å². The summed E-state index contributed by atoms with van der Waals surface area (Å²) < 4.78 is 5.47. The second kappa shape index (κ2) is 10.7. The second-order valence-electron chi connectivity index (χ2n) is 6.37. The number of ether oxygens (including phenoxy) is 1. The molecule has 2 aromatic rings. The molecule has 1 atom stereocenters. The maximum atomic E-state index is 12.3. The maximum Gasteiger partial charge on any atom is 0.230 e. The molecule has 0 aliphatic carbocycles. The number of aromatic nitrogens is 1. The van der Waals surface area contributed by atoms with Crippen LogP contribution in [0, 0.1) is 0 Å². The van der Waals surface area contributed by atoms with Crippen LogP contribution >= 0.6 is 23.4 Å².